The van der Waals surface area contributed by atoms with Gasteiger partial charge in [-0.3, -0.25) is 4.79 Å². The third-order valence-corrected chi connectivity index (χ3v) is 3.86. The molecule has 0 aliphatic carbocycles. The van der Waals surface area contributed by atoms with E-state index in [1.807, 2.05) is 36.4 Å². The largest absolute Gasteiger partial charge is 0.496 e. The third kappa shape index (κ3) is 2.12. The van der Waals surface area contributed by atoms with Crippen molar-refractivity contribution in [2.24, 2.45) is 0 Å². The standard InChI is InChI=1S/C16H12BrNO2/c1-20-14-8-7-11(17)16-15(14)13(19)9-12(18-16)10-5-3-2-4-6-10/h2-9H,1H3,(H,18,19). The number of hydrogen-bond donors (Lipinski definition) is 1. The molecule has 100 valence electrons. The molecular weight excluding hydrogens is 318 g/mol. The van der Waals surface area contributed by atoms with E-state index < -0.39 is 0 Å². The van der Waals surface area contributed by atoms with Crippen LogP contribution in [0.25, 0.3) is 22.2 Å². The molecule has 0 atom stereocenters. The molecule has 4 heteroatoms. The van der Waals surface area contributed by atoms with Crippen LogP contribution in [0.1, 0.15) is 0 Å². The van der Waals surface area contributed by atoms with Crippen molar-refractivity contribution in [3.05, 3.63) is 63.2 Å². The Kier molecular flexibility index (Phi) is 3.32. The Balaban J connectivity index is 2.36. The van der Waals surface area contributed by atoms with Crippen molar-refractivity contribution in [2.75, 3.05) is 7.11 Å². The minimum Gasteiger partial charge on any atom is -0.496 e. The number of ether oxygens (including phenoxy) is 1. The topological polar surface area (TPSA) is 42.1 Å². The quantitative estimate of drug-likeness (QED) is 0.773. The van der Waals surface area contributed by atoms with E-state index in [0.29, 0.717) is 11.1 Å². The average molecular weight is 330 g/mol. The Morgan fingerprint density at radius 2 is 1.85 bits per heavy atom. The summed E-state index contributed by atoms with van der Waals surface area (Å²) >= 11 is 3.48. The van der Waals surface area contributed by atoms with Crippen LogP contribution in [0, 0.1) is 0 Å². The Morgan fingerprint density at radius 3 is 2.55 bits per heavy atom. The summed E-state index contributed by atoms with van der Waals surface area (Å²) in [5.74, 6) is 0.573. The summed E-state index contributed by atoms with van der Waals surface area (Å²) < 4.78 is 6.10. The zero-order chi connectivity index (χ0) is 14.1. The highest BCUT2D eigenvalue weighted by molar-refractivity contribution is 9.10. The summed E-state index contributed by atoms with van der Waals surface area (Å²) in [4.78, 5) is 15.7. The minimum atomic E-state index is -0.0595. The van der Waals surface area contributed by atoms with Gasteiger partial charge in [-0.1, -0.05) is 30.3 Å². The molecule has 0 unspecified atom stereocenters. The molecule has 0 aliphatic heterocycles. The number of methoxy groups -OCH3 is 1. The number of benzene rings is 2. The van der Waals surface area contributed by atoms with Gasteiger partial charge in [-0.15, -0.1) is 0 Å². The molecule has 0 amide bonds. The Morgan fingerprint density at radius 1 is 1.10 bits per heavy atom. The SMILES string of the molecule is COc1ccc(Br)c2[nH]c(-c3ccccc3)cc(=O)c12. The maximum absolute atomic E-state index is 12.4. The number of pyridine rings is 1. The molecule has 2 aromatic carbocycles. The smallest absolute Gasteiger partial charge is 0.193 e. The van der Waals surface area contributed by atoms with Gasteiger partial charge in [0, 0.05) is 16.2 Å². The predicted molar refractivity (Wildman–Crippen MR) is 84.3 cm³/mol. The Hall–Kier alpha value is -2.07. The number of rotatable bonds is 2. The van der Waals surface area contributed by atoms with Crippen molar-refractivity contribution >= 4 is 26.8 Å². The van der Waals surface area contributed by atoms with E-state index in [1.165, 1.54) is 0 Å². The second-order valence-corrected chi connectivity index (χ2v) is 5.27. The number of halogens is 1. The molecule has 20 heavy (non-hydrogen) atoms. The van der Waals surface area contributed by atoms with Gasteiger partial charge >= 0.3 is 0 Å². The van der Waals surface area contributed by atoms with Gasteiger partial charge < -0.3 is 9.72 Å². The molecule has 3 rings (SSSR count). The summed E-state index contributed by atoms with van der Waals surface area (Å²) in [5.41, 5.74) is 2.45. The monoisotopic (exact) mass is 329 g/mol. The van der Waals surface area contributed by atoms with Crippen LogP contribution in [0.4, 0.5) is 0 Å². The van der Waals surface area contributed by atoms with Crippen LogP contribution in [0.5, 0.6) is 5.75 Å². The number of nitrogens with one attached hydrogen (secondary N) is 1. The van der Waals surface area contributed by atoms with Crippen LogP contribution in [-0.4, -0.2) is 12.1 Å². The molecule has 3 nitrogen and oxygen atoms in total. The van der Waals surface area contributed by atoms with E-state index in [0.717, 1.165) is 21.2 Å². The molecule has 1 heterocycles. The number of hydrogen-bond acceptors (Lipinski definition) is 2. The number of H-pyrrole nitrogens is 1. The Labute approximate surface area is 124 Å². The van der Waals surface area contributed by atoms with E-state index >= 15 is 0 Å². The molecule has 0 bridgehead atoms. The van der Waals surface area contributed by atoms with Crippen molar-refractivity contribution in [2.45, 2.75) is 0 Å². The highest BCUT2D eigenvalue weighted by atomic mass is 79.9. The van der Waals surface area contributed by atoms with Crippen LogP contribution >= 0.6 is 15.9 Å². The normalized spacial score (nSPS) is 10.7. The lowest BCUT2D eigenvalue weighted by atomic mass is 10.1. The van der Waals surface area contributed by atoms with E-state index in [1.54, 1.807) is 19.2 Å². The van der Waals surface area contributed by atoms with Crippen molar-refractivity contribution in [1.82, 2.24) is 4.98 Å². The predicted octanol–water partition coefficient (Wildman–Crippen LogP) is 3.97. The fourth-order valence-electron chi connectivity index (χ4n) is 2.24. The van der Waals surface area contributed by atoms with E-state index in [-0.39, 0.29) is 5.43 Å². The summed E-state index contributed by atoms with van der Waals surface area (Å²) in [5, 5.41) is 0.557. The van der Waals surface area contributed by atoms with E-state index in [9.17, 15) is 4.79 Å². The van der Waals surface area contributed by atoms with Gasteiger partial charge in [0.15, 0.2) is 5.43 Å². The summed E-state index contributed by atoms with van der Waals surface area (Å²) in [6.07, 6.45) is 0. The molecular formula is C16H12BrNO2. The Bertz CT molecular complexity index is 825. The van der Waals surface area contributed by atoms with Crippen LogP contribution < -0.4 is 10.2 Å². The van der Waals surface area contributed by atoms with E-state index in [4.69, 9.17) is 4.74 Å². The zero-order valence-electron chi connectivity index (χ0n) is 10.8. The molecule has 1 aromatic heterocycles. The van der Waals surface area contributed by atoms with Gasteiger partial charge in [0.05, 0.1) is 18.0 Å². The fourth-order valence-corrected chi connectivity index (χ4v) is 2.67. The van der Waals surface area contributed by atoms with Gasteiger partial charge in [-0.05, 0) is 33.6 Å². The van der Waals surface area contributed by atoms with Crippen LogP contribution in [0.3, 0.4) is 0 Å². The fraction of sp³-hybridized carbons (Fsp3) is 0.0625. The molecule has 0 saturated carbocycles. The summed E-state index contributed by atoms with van der Waals surface area (Å²) in [6.45, 7) is 0. The first-order valence-electron chi connectivity index (χ1n) is 6.15. The van der Waals surface area contributed by atoms with Crippen molar-refractivity contribution < 1.29 is 4.74 Å². The van der Waals surface area contributed by atoms with Crippen LogP contribution in [0.15, 0.2) is 57.8 Å². The molecule has 3 aromatic rings. The molecule has 0 spiro atoms. The van der Waals surface area contributed by atoms with Gasteiger partial charge in [0.25, 0.3) is 0 Å². The lowest BCUT2D eigenvalue weighted by Gasteiger charge is -2.09. The summed E-state index contributed by atoms with van der Waals surface area (Å²) in [6, 6.07) is 15.0. The van der Waals surface area contributed by atoms with Crippen molar-refractivity contribution in [3.63, 3.8) is 0 Å². The van der Waals surface area contributed by atoms with Gasteiger partial charge in [-0.2, -0.15) is 0 Å². The maximum atomic E-state index is 12.4. The first-order chi connectivity index (χ1) is 9.70. The minimum absolute atomic E-state index is 0.0595. The highest BCUT2D eigenvalue weighted by Gasteiger charge is 2.11. The van der Waals surface area contributed by atoms with Crippen molar-refractivity contribution in [1.29, 1.82) is 0 Å². The number of aromatic amines is 1. The maximum Gasteiger partial charge on any atom is 0.193 e. The lowest BCUT2D eigenvalue weighted by Crippen LogP contribution is -2.05. The number of fused-ring (bicyclic) bond motifs is 1. The van der Waals surface area contributed by atoms with Gasteiger partial charge in [0.2, 0.25) is 0 Å². The number of aromatic nitrogens is 1. The van der Waals surface area contributed by atoms with Crippen LogP contribution in [-0.2, 0) is 0 Å². The second-order valence-electron chi connectivity index (χ2n) is 4.41. The molecule has 0 radical (unpaired) electrons. The first kappa shape index (κ1) is 12.9. The third-order valence-electron chi connectivity index (χ3n) is 3.20. The molecule has 0 aliphatic rings. The molecule has 0 fully saturated rings. The van der Waals surface area contributed by atoms with Crippen LogP contribution in [0.2, 0.25) is 0 Å². The molecule has 0 saturated heterocycles. The lowest BCUT2D eigenvalue weighted by molar-refractivity contribution is 0.419. The van der Waals surface area contributed by atoms with Gasteiger partial charge in [-0.25, -0.2) is 0 Å². The second kappa shape index (κ2) is 5.13. The highest BCUT2D eigenvalue weighted by Crippen LogP contribution is 2.29. The zero-order valence-corrected chi connectivity index (χ0v) is 12.4. The van der Waals surface area contributed by atoms with Crippen molar-refractivity contribution in [3.8, 4) is 17.0 Å². The van der Waals surface area contributed by atoms with E-state index in [2.05, 4.69) is 20.9 Å². The van der Waals surface area contributed by atoms with Gasteiger partial charge in [0.1, 0.15) is 5.75 Å². The summed E-state index contributed by atoms with van der Waals surface area (Å²) in [7, 11) is 1.56. The first-order valence-corrected chi connectivity index (χ1v) is 6.95. The molecule has 1 N–H and O–H groups in total. The average Bonchev–Trinajstić information content (AvgIpc) is 2.49.